The highest BCUT2D eigenvalue weighted by molar-refractivity contribution is 4.68. The van der Waals surface area contributed by atoms with E-state index in [1.54, 1.807) is 0 Å². The fourth-order valence-corrected chi connectivity index (χ4v) is 1.54. The second kappa shape index (κ2) is 8.25. The highest BCUT2D eigenvalue weighted by Crippen LogP contribution is 2.11. The van der Waals surface area contributed by atoms with Crippen molar-refractivity contribution in [3.63, 3.8) is 0 Å². The van der Waals surface area contributed by atoms with E-state index in [1.807, 2.05) is 6.92 Å². The standard InChI is InChI=1S/C12H27NO/c1-5-10(3)9-12(6-2)13-8-7-11(4)14/h10-14H,5-9H2,1-4H3/t10-,11-,12+/m1/s1. The quantitative estimate of drug-likeness (QED) is 0.632. The van der Waals surface area contributed by atoms with Crippen molar-refractivity contribution in [1.82, 2.24) is 5.32 Å². The maximum Gasteiger partial charge on any atom is 0.0524 e. The predicted octanol–water partition coefficient (Wildman–Crippen LogP) is 2.56. The van der Waals surface area contributed by atoms with Gasteiger partial charge < -0.3 is 10.4 Å². The van der Waals surface area contributed by atoms with Crippen LogP contribution in [0, 0.1) is 5.92 Å². The first kappa shape index (κ1) is 13.9. The van der Waals surface area contributed by atoms with Gasteiger partial charge in [-0.25, -0.2) is 0 Å². The van der Waals surface area contributed by atoms with Gasteiger partial charge in [0.15, 0.2) is 0 Å². The van der Waals surface area contributed by atoms with Crippen LogP contribution in [-0.2, 0) is 0 Å². The Balaban J connectivity index is 3.57. The van der Waals surface area contributed by atoms with Gasteiger partial charge in [0.05, 0.1) is 6.10 Å². The van der Waals surface area contributed by atoms with Crippen LogP contribution in [0.3, 0.4) is 0 Å². The molecular formula is C12H27NO. The molecule has 14 heavy (non-hydrogen) atoms. The maximum atomic E-state index is 9.13. The molecule has 2 N–H and O–H groups in total. The number of aliphatic hydroxyl groups is 1. The molecule has 0 fully saturated rings. The number of rotatable bonds is 8. The third kappa shape index (κ3) is 7.34. The molecule has 2 heteroatoms. The lowest BCUT2D eigenvalue weighted by Gasteiger charge is -2.20. The lowest BCUT2D eigenvalue weighted by molar-refractivity contribution is 0.181. The molecule has 0 saturated carbocycles. The summed E-state index contributed by atoms with van der Waals surface area (Å²) in [5, 5.41) is 12.6. The van der Waals surface area contributed by atoms with E-state index in [2.05, 4.69) is 26.1 Å². The first-order valence-corrected chi connectivity index (χ1v) is 6.01. The molecule has 0 radical (unpaired) electrons. The molecular weight excluding hydrogens is 174 g/mol. The van der Waals surface area contributed by atoms with Crippen LogP contribution in [-0.4, -0.2) is 23.8 Å². The molecule has 0 heterocycles. The molecule has 0 aliphatic rings. The average molecular weight is 201 g/mol. The van der Waals surface area contributed by atoms with Crippen molar-refractivity contribution in [2.75, 3.05) is 6.54 Å². The summed E-state index contributed by atoms with van der Waals surface area (Å²) in [6.07, 6.45) is 4.38. The molecule has 0 aromatic rings. The summed E-state index contributed by atoms with van der Waals surface area (Å²) >= 11 is 0. The molecule has 0 aromatic heterocycles. The third-order valence-corrected chi connectivity index (χ3v) is 2.87. The normalized spacial score (nSPS) is 17.8. The van der Waals surface area contributed by atoms with Crippen molar-refractivity contribution in [1.29, 1.82) is 0 Å². The molecule has 0 saturated heterocycles. The Morgan fingerprint density at radius 1 is 1.14 bits per heavy atom. The van der Waals surface area contributed by atoms with Gasteiger partial charge in [-0.15, -0.1) is 0 Å². The molecule has 0 amide bonds. The Bertz CT molecular complexity index is 125. The van der Waals surface area contributed by atoms with Crippen LogP contribution in [0.5, 0.6) is 0 Å². The maximum absolute atomic E-state index is 9.13. The fourth-order valence-electron chi connectivity index (χ4n) is 1.54. The molecule has 0 bridgehead atoms. The fraction of sp³-hybridized carbons (Fsp3) is 1.00. The highest BCUT2D eigenvalue weighted by atomic mass is 16.3. The molecule has 0 aliphatic heterocycles. The van der Waals surface area contributed by atoms with Crippen molar-refractivity contribution in [2.24, 2.45) is 5.92 Å². The summed E-state index contributed by atoms with van der Waals surface area (Å²) in [5.41, 5.74) is 0. The monoisotopic (exact) mass is 201 g/mol. The first-order chi connectivity index (χ1) is 6.60. The van der Waals surface area contributed by atoms with Gasteiger partial charge in [-0.2, -0.15) is 0 Å². The highest BCUT2D eigenvalue weighted by Gasteiger charge is 2.09. The Kier molecular flexibility index (Phi) is 8.20. The van der Waals surface area contributed by atoms with Crippen LogP contribution in [0.15, 0.2) is 0 Å². The lowest BCUT2D eigenvalue weighted by Crippen LogP contribution is -2.32. The van der Waals surface area contributed by atoms with Crippen LogP contribution in [0.2, 0.25) is 0 Å². The van der Waals surface area contributed by atoms with E-state index in [0.717, 1.165) is 18.9 Å². The van der Waals surface area contributed by atoms with Gasteiger partial charge in [0.25, 0.3) is 0 Å². The van der Waals surface area contributed by atoms with Crippen molar-refractivity contribution in [3.05, 3.63) is 0 Å². The van der Waals surface area contributed by atoms with E-state index in [9.17, 15) is 0 Å². The van der Waals surface area contributed by atoms with Crippen molar-refractivity contribution >= 4 is 0 Å². The topological polar surface area (TPSA) is 32.3 Å². The number of hydrogen-bond donors (Lipinski definition) is 2. The zero-order chi connectivity index (χ0) is 11.0. The number of aliphatic hydroxyl groups excluding tert-OH is 1. The molecule has 86 valence electrons. The minimum Gasteiger partial charge on any atom is -0.393 e. The average Bonchev–Trinajstić information content (AvgIpc) is 2.15. The van der Waals surface area contributed by atoms with Crippen molar-refractivity contribution < 1.29 is 5.11 Å². The second-order valence-corrected chi connectivity index (χ2v) is 4.45. The van der Waals surface area contributed by atoms with Crippen LogP contribution < -0.4 is 5.32 Å². The van der Waals surface area contributed by atoms with Gasteiger partial charge in [-0.1, -0.05) is 27.2 Å². The Labute approximate surface area is 89.1 Å². The van der Waals surface area contributed by atoms with Crippen LogP contribution in [0.1, 0.15) is 53.4 Å². The number of nitrogens with one attached hydrogen (secondary N) is 1. The summed E-state index contributed by atoms with van der Waals surface area (Å²) in [6.45, 7) is 9.55. The van der Waals surface area contributed by atoms with Crippen LogP contribution >= 0.6 is 0 Å². The minimum absolute atomic E-state index is 0.177. The van der Waals surface area contributed by atoms with Crippen LogP contribution in [0.4, 0.5) is 0 Å². The van der Waals surface area contributed by atoms with Gasteiger partial charge in [-0.3, -0.25) is 0 Å². The van der Waals surface area contributed by atoms with E-state index >= 15 is 0 Å². The Morgan fingerprint density at radius 2 is 1.79 bits per heavy atom. The third-order valence-electron chi connectivity index (χ3n) is 2.87. The molecule has 0 unspecified atom stereocenters. The van der Waals surface area contributed by atoms with Gasteiger partial charge >= 0.3 is 0 Å². The zero-order valence-electron chi connectivity index (χ0n) is 10.2. The predicted molar refractivity (Wildman–Crippen MR) is 62.5 cm³/mol. The van der Waals surface area contributed by atoms with E-state index in [-0.39, 0.29) is 6.10 Å². The van der Waals surface area contributed by atoms with E-state index in [4.69, 9.17) is 5.11 Å². The molecule has 0 aliphatic carbocycles. The van der Waals surface area contributed by atoms with Crippen molar-refractivity contribution in [2.45, 2.75) is 65.5 Å². The largest absolute Gasteiger partial charge is 0.393 e. The minimum atomic E-state index is -0.177. The molecule has 0 spiro atoms. The molecule has 0 aromatic carbocycles. The van der Waals surface area contributed by atoms with Gasteiger partial charge in [0.1, 0.15) is 0 Å². The summed E-state index contributed by atoms with van der Waals surface area (Å²) in [6, 6.07) is 0.628. The van der Waals surface area contributed by atoms with E-state index in [1.165, 1.54) is 19.3 Å². The Morgan fingerprint density at radius 3 is 2.21 bits per heavy atom. The smallest absolute Gasteiger partial charge is 0.0524 e. The summed E-state index contributed by atoms with van der Waals surface area (Å²) in [5.74, 6) is 0.805. The summed E-state index contributed by atoms with van der Waals surface area (Å²) < 4.78 is 0. The second-order valence-electron chi connectivity index (χ2n) is 4.45. The van der Waals surface area contributed by atoms with E-state index in [0.29, 0.717) is 6.04 Å². The lowest BCUT2D eigenvalue weighted by atomic mass is 9.98. The zero-order valence-corrected chi connectivity index (χ0v) is 10.2. The van der Waals surface area contributed by atoms with Gasteiger partial charge in [-0.05, 0) is 38.6 Å². The molecule has 0 rings (SSSR count). The summed E-state index contributed by atoms with van der Waals surface area (Å²) in [7, 11) is 0. The van der Waals surface area contributed by atoms with Gasteiger partial charge in [0, 0.05) is 6.04 Å². The van der Waals surface area contributed by atoms with Crippen LogP contribution in [0.25, 0.3) is 0 Å². The first-order valence-electron chi connectivity index (χ1n) is 6.01. The Hall–Kier alpha value is -0.0800. The number of hydrogen-bond acceptors (Lipinski definition) is 2. The molecule has 3 atom stereocenters. The SMILES string of the molecule is CC[C@@H](C)C[C@H](CC)NCC[C@@H](C)O. The van der Waals surface area contributed by atoms with E-state index < -0.39 is 0 Å². The molecule has 2 nitrogen and oxygen atoms in total. The van der Waals surface area contributed by atoms with Crippen molar-refractivity contribution in [3.8, 4) is 0 Å². The van der Waals surface area contributed by atoms with Gasteiger partial charge in [0.2, 0.25) is 0 Å². The summed E-state index contributed by atoms with van der Waals surface area (Å²) in [4.78, 5) is 0.